The standard InChI is InChI=1S/C20H31N3OS/c1-15(2)10-18(12-23(4)5)21-11-17-6-8-20(9-7-17)24-13-19-14-25-16(3)22-19/h6-9,14-15,18,21H,10-13H2,1-5H3. The van der Waals surface area contributed by atoms with Gasteiger partial charge in [0.25, 0.3) is 0 Å². The van der Waals surface area contributed by atoms with Crippen LogP contribution in [0.15, 0.2) is 29.6 Å². The molecule has 0 aliphatic heterocycles. The topological polar surface area (TPSA) is 37.4 Å². The molecule has 0 radical (unpaired) electrons. The zero-order valence-corrected chi connectivity index (χ0v) is 16.9. The number of likely N-dealkylation sites (N-methyl/N-ethyl adjacent to an activating group) is 1. The first-order chi connectivity index (χ1) is 11.9. The van der Waals surface area contributed by atoms with Crippen LogP contribution < -0.4 is 10.1 Å². The Labute approximate surface area is 156 Å². The van der Waals surface area contributed by atoms with Gasteiger partial charge in [0, 0.05) is 24.5 Å². The van der Waals surface area contributed by atoms with Crippen molar-refractivity contribution < 1.29 is 4.74 Å². The summed E-state index contributed by atoms with van der Waals surface area (Å²) in [5, 5.41) is 6.81. The molecule has 1 heterocycles. The van der Waals surface area contributed by atoms with Crippen LogP contribution >= 0.6 is 11.3 Å². The van der Waals surface area contributed by atoms with Gasteiger partial charge in [0.15, 0.2) is 0 Å². The molecule has 4 nitrogen and oxygen atoms in total. The Morgan fingerprint density at radius 1 is 1.20 bits per heavy atom. The number of hydrogen-bond donors (Lipinski definition) is 1. The normalized spacial score (nSPS) is 12.8. The third-order valence-corrected chi connectivity index (χ3v) is 4.74. The highest BCUT2D eigenvalue weighted by molar-refractivity contribution is 7.09. The van der Waals surface area contributed by atoms with Crippen molar-refractivity contribution in [1.29, 1.82) is 0 Å². The summed E-state index contributed by atoms with van der Waals surface area (Å²) in [6.07, 6.45) is 1.19. The number of nitrogens with one attached hydrogen (secondary N) is 1. The first-order valence-corrected chi connectivity index (χ1v) is 9.81. The van der Waals surface area contributed by atoms with Gasteiger partial charge in [0.1, 0.15) is 12.4 Å². The van der Waals surface area contributed by atoms with E-state index in [0.717, 1.165) is 29.5 Å². The average molecular weight is 362 g/mol. The number of ether oxygens (including phenoxy) is 1. The third-order valence-electron chi connectivity index (χ3n) is 3.91. The van der Waals surface area contributed by atoms with Crippen LogP contribution in [0.2, 0.25) is 0 Å². The van der Waals surface area contributed by atoms with Gasteiger partial charge in [-0.2, -0.15) is 0 Å². The Morgan fingerprint density at radius 2 is 1.92 bits per heavy atom. The predicted molar refractivity (Wildman–Crippen MR) is 106 cm³/mol. The second-order valence-electron chi connectivity index (χ2n) is 7.26. The van der Waals surface area contributed by atoms with Gasteiger partial charge in [-0.15, -0.1) is 11.3 Å². The molecule has 0 amide bonds. The maximum Gasteiger partial charge on any atom is 0.131 e. The van der Waals surface area contributed by atoms with Crippen LogP contribution in [0.4, 0.5) is 0 Å². The Bertz CT molecular complexity index is 612. The summed E-state index contributed by atoms with van der Waals surface area (Å²) < 4.78 is 5.81. The Morgan fingerprint density at radius 3 is 2.48 bits per heavy atom. The molecule has 2 rings (SSSR count). The van der Waals surface area contributed by atoms with E-state index in [0.29, 0.717) is 18.6 Å². The molecule has 1 N–H and O–H groups in total. The number of aromatic nitrogens is 1. The second-order valence-corrected chi connectivity index (χ2v) is 8.32. The summed E-state index contributed by atoms with van der Waals surface area (Å²) in [5.74, 6) is 1.59. The van der Waals surface area contributed by atoms with E-state index in [4.69, 9.17) is 4.74 Å². The molecule has 1 unspecified atom stereocenters. The molecule has 0 aliphatic carbocycles. The largest absolute Gasteiger partial charge is 0.487 e. The SMILES string of the molecule is Cc1nc(COc2ccc(CNC(CC(C)C)CN(C)C)cc2)cs1. The van der Waals surface area contributed by atoms with Gasteiger partial charge in [0.05, 0.1) is 10.7 Å². The van der Waals surface area contributed by atoms with Crippen LogP contribution in [0.3, 0.4) is 0 Å². The van der Waals surface area contributed by atoms with E-state index in [-0.39, 0.29) is 0 Å². The van der Waals surface area contributed by atoms with Gasteiger partial charge in [-0.1, -0.05) is 26.0 Å². The van der Waals surface area contributed by atoms with Gasteiger partial charge in [0.2, 0.25) is 0 Å². The van der Waals surface area contributed by atoms with E-state index in [1.165, 1.54) is 12.0 Å². The summed E-state index contributed by atoms with van der Waals surface area (Å²) in [5.41, 5.74) is 2.28. The molecule has 0 saturated carbocycles. The van der Waals surface area contributed by atoms with E-state index in [1.54, 1.807) is 11.3 Å². The fraction of sp³-hybridized carbons (Fsp3) is 0.550. The summed E-state index contributed by atoms with van der Waals surface area (Å²) in [4.78, 5) is 6.67. The number of aryl methyl sites for hydroxylation is 1. The molecule has 0 aliphatic rings. The van der Waals surface area contributed by atoms with Crippen molar-refractivity contribution in [2.24, 2.45) is 5.92 Å². The highest BCUT2D eigenvalue weighted by Crippen LogP contribution is 2.16. The number of thiazole rings is 1. The first-order valence-electron chi connectivity index (χ1n) is 8.93. The van der Waals surface area contributed by atoms with Crippen LogP contribution in [0.1, 0.15) is 36.5 Å². The zero-order valence-electron chi connectivity index (χ0n) is 16.1. The molecule has 5 heteroatoms. The number of nitrogens with zero attached hydrogens (tertiary/aromatic N) is 2. The van der Waals surface area contributed by atoms with E-state index < -0.39 is 0 Å². The molecule has 0 spiro atoms. The van der Waals surface area contributed by atoms with Crippen LogP contribution in [0.5, 0.6) is 5.75 Å². The van der Waals surface area contributed by atoms with Gasteiger partial charge < -0.3 is 15.0 Å². The van der Waals surface area contributed by atoms with Crippen molar-refractivity contribution in [1.82, 2.24) is 15.2 Å². The Balaban J connectivity index is 1.82. The highest BCUT2D eigenvalue weighted by Gasteiger charge is 2.11. The third kappa shape index (κ3) is 7.55. The number of hydrogen-bond acceptors (Lipinski definition) is 5. The fourth-order valence-electron chi connectivity index (χ4n) is 2.83. The molecule has 1 aromatic heterocycles. The lowest BCUT2D eigenvalue weighted by atomic mass is 10.0. The van der Waals surface area contributed by atoms with Gasteiger partial charge in [-0.25, -0.2) is 4.98 Å². The molecular formula is C20H31N3OS. The molecule has 0 saturated heterocycles. The van der Waals surface area contributed by atoms with Crippen molar-refractivity contribution in [3.05, 3.63) is 45.9 Å². The summed E-state index contributed by atoms with van der Waals surface area (Å²) >= 11 is 1.66. The molecule has 25 heavy (non-hydrogen) atoms. The van der Waals surface area contributed by atoms with E-state index in [1.807, 2.05) is 24.4 Å². The van der Waals surface area contributed by atoms with E-state index in [9.17, 15) is 0 Å². The molecule has 2 aromatic rings. The minimum Gasteiger partial charge on any atom is -0.487 e. The maximum atomic E-state index is 5.81. The van der Waals surface area contributed by atoms with E-state index >= 15 is 0 Å². The molecule has 138 valence electrons. The summed E-state index contributed by atoms with van der Waals surface area (Å²) in [6, 6.07) is 8.87. The van der Waals surface area contributed by atoms with Crippen LogP contribution in [0, 0.1) is 12.8 Å². The Kier molecular flexibility index (Phi) is 7.88. The lowest BCUT2D eigenvalue weighted by Crippen LogP contribution is -2.38. The summed E-state index contributed by atoms with van der Waals surface area (Å²) in [6.45, 7) is 9.05. The van der Waals surface area contributed by atoms with Crippen molar-refractivity contribution in [3.8, 4) is 5.75 Å². The highest BCUT2D eigenvalue weighted by atomic mass is 32.1. The quantitative estimate of drug-likeness (QED) is 0.691. The predicted octanol–water partition coefficient (Wildman–Crippen LogP) is 4.10. The fourth-order valence-corrected chi connectivity index (χ4v) is 3.43. The first kappa shape index (κ1) is 19.9. The smallest absolute Gasteiger partial charge is 0.131 e. The van der Waals surface area contributed by atoms with Crippen molar-refractivity contribution in [2.75, 3.05) is 20.6 Å². The van der Waals surface area contributed by atoms with Crippen LogP contribution in [-0.4, -0.2) is 36.6 Å². The molecular weight excluding hydrogens is 330 g/mol. The number of rotatable bonds is 10. The average Bonchev–Trinajstić information content (AvgIpc) is 2.96. The minimum absolute atomic E-state index is 0.513. The van der Waals surface area contributed by atoms with Crippen molar-refractivity contribution in [3.63, 3.8) is 0 Å². The van der Waals surface area contributed by atoms with Gasteiger partial charge in [-0.3, -0.25) is 0 Å². The lowest BCUT2D eigenvalue weighted by Gasteiger charge is -2.24. The van der Waals surface area contributed by atoms with Crippen molar-refractivity contribution >= 4 is 11.3 Å². The molecule has 0 fully saturated rings. The number of benzene rings is 1. The summed E-state index contributed by atoms with van der Waals surface area (Å²) in [7, 11) is 4.26. The van der Waals surface area contributed by atoms with Gasteiger partial charge in [-0.05, 0) is 51.1 Å². The van der Waals surface area contributed by atoms with Gasteiger partial charge >= 0.3 is 0 Å². The molecule has 1 atom stereocenters. The van der Waals surface area contributed by atoms with Crippen LogP contribution in [0.25, 0.3) is 0 Å². The molecule has 0 bridgehead atoms. The lowest BCUT2D eigenvalue weighted by molar-refractivity contribution is 0.301. The maximum absolute atomic E-state index is 5.81. The van der Waals surface area contributed by atoms with Crippen LogP contribution in [-0.2, 0) is 13.2 Å². The van der Waals surface area contributed by atoms with E-state index in [2.05, 4.69) is 55.3 Å². The monoisotopic (exact) mass is 361 g/mol. The minimum atomic E-state index is 0.513. The van der Waals surface area contributed by atoms with Crippen molar-refractivity contribution in [2.45, 2.75) is 46.4 Å². The second kappa shape index (κ2) is 9.90. The Hall–Kier alpha value is -1.43. The molecule has 1 aromatic carbocycles. The zero-order chi connectivity index (χ0) is 18.2.